The maximum atomic E-state index is 12.4. The summed E-state index contributed by atoms with van der Waals surface area (Å²) in [6.45, 7) is 7.77. The van der Waals surface area contributed by atoms with Crippen molar-refractivity contribution in [2.75, 3.05) is 26.2 Å². The molecule has 0 unspecified atom stereocenters. The van der Waals surface area contributed by atoms with Crippen molar-refractivity contribution in [2.24, 2.45) is 5.73 Å². The molecule has 1 aliphatic rings. The molecular formula is C13H25N5O2S. The van der Waals surface area contributed by atoms with Crippen LogP contribution in [0.5, 0.6) is 0 Å². The first-order valence-electron chi connectivity index (χ1n) is 7.44. The molecule has 120 valence electrons. The number of hydrogen-bond acceptors (Lipinski definition) is 5. The zero-order valence-electron chi connectivity index (χ0n) is 12.7. The number of likely N-dealkylation sites (tertiary alicyclic amines) is 1. The predicted molar refractivity (Wildman–Crippen MR) is 81.5 cm³/mol. The Morgan fingerprint density at radius 1 is 1.43 bits per heavy atom. The standard InChI is InChI=1S/C13H25N5O2S/c1-3-18-10-13(15-11(18)2)21(19,20)16-12-4-7-17(8-5-12)9-6-14/h10,12,16H,3-9,14H2,1-2H3. The Labute approximate surface area is 126 Å². The van der Waals surface area contributed by atoms with Gasteiger partial charge in [0.2, 0.25) is 0 Å². The smallest absolute Gasteiger partial charge is 0.259 e. The van der Waals surface area contributed by atoms with E-state index in [0.717, 1.165) is 38.3 Å². The summed E-state index contributed by atoms with van der Waals surface area (Å²) in [6, 6.07) is -0.0175. The van der Waals surface area contributed by atoms with Crippen LogP contribution in [-0.2, 0) is 16.6 Å². The summed E-state index contributed by atoms with van der Waals surface area (Å²) in [5, 5.41) is 0.117. The first kappa shape index (κ1) is 16.4. The minimum Gasteiger partial charge on any atom is -0.334 e. The molecule has 0 bridgehead atoms. The summed E-state index contributed by atoms with van der Waals surface area (Å²) in [5.74, 6) is 0.718. The molecule has 1 aromatic heterocycles. The Balaban J connectivity index is 1.98. The minimum absolute atomic E-state index is 0.0175. The molecule has 1 aliphatic heterocycles. The van der Waals surface area contributed by atoms with Gasteiger partial charge in [-0.2, -0.15) is 0 Å². The van der Waals surface area contributed by atoms with Crippen molar-refractivity contribution in [3.63, 3.8) is 0 Å². The molecule has 8 heteroatoms. The highest BCUT2D eigenvalue weighted by Crippen LogP contribution is 2.14. The average Bonchev–Trinajstić information content (AvgIpc) is 2.83. The van der Waals surface area contributed by atoms with Crippen LogP contribution in [0.3, 0.4) is 0 Å². The van der Waals surface area contributed by atoms with Crippen LogP contribution in [0.1, 0.15) is 25.6 Å². The molecule has 0 spiro atoms. The number of sulfonamides is 1. The highest BCUT2D eigenvalue weighted by molar-refractivity contribution is 7.89. The zero-order chi connectivity index (χ0) is 15.5. The molecule has 2 heterocycles. The fourth-order valence-electron chi connectivity index (χ4n) is 2.67. The molecular weight excluding hydrogens is 290 g/mol. The zero-order valence-corrected chi connectivity index (χ0v) is 13.6. The first-order valence-corrected chi connectivity index (χ1v) is 8.93. The van der Waals surface area contributed by atoms with Gasteiger partial charge in [0.1, 0.15) is 5.82 Å². The van der Waals surface area contributed by atoms with Crippen LogP contribution in [0.2, 0.25) is 0 Å². The van der Waals surface area contributed by atoms with Crippen LogP contribution in [-0.4, -0.2) is 55.1 Å². The van der Waals surface area contributed by atoms with E-state index in [1.54, 1.807) is 6.20 Å². The number of nitrogens with two attached hydrogens (primary N) is 1. The Morgan fingerprint density at radius 3 is 2.62 bits per heavy atom. The van der Waals surface area contributed by atoms with Gasteiger partial charge in [-0.1, -0.05) is 0 Å². The summed E-state index contributed by atoms with van der Waals surface area (Å²) in [7, 11) is -3.53. The van der Waals surface area contributed by atoms with Crippen LogP contribution in [0.15, 0.2) is 11.2 Å². The molecule has 0 aromatic carbocycles. The van der Waals surface area contributed by atoms with E-state index in [0.29, 0.717) is 13.1 Å². The van der Waals surface area contributed by atoms with E-state index in [2.05, 4.69) is 14.6 Å². The predicted octanol–water partition coefficient (Wildman–Crippen LogP) is -0.0872. The lowest BCUT2D eigenvalue weighted by Crippen LogP contribution is -2.45. The van der Waals surface area contributed by atoms with Crippen molar-refractivity contribution in [3.8, 4) is 0 Å². The van der Waals surface area contributed by atoms with E-state index in [-0.39, 0.29) is 11.1 Å². The van der Waals surface area contributed by atoms with Crippen LogP contribution in [0, 0.1) is 6.92 Å². The van der Waals surface area contributed by atoms with Crippen molar-refractivity contribution in [3.05, 3.63) is 12.0 Å². The third-order valence-electron chi connectivity index (χ3n) is 3.92. The molecule has 0 aliphatic carbocycles. The van der Waals surface area contributed by atoms with Crippen LogP contribution in [0.4, 0.5) is 0 Å². The van der Waals surface area contributed by atoms with E-state index in [1.807, 2.05) is 18.4 Å². The monoisotopic (exact) mass is 315 g/mol. The number of aromatic nitrogens is 2. The van der Waals surface area contributed by atoms with Crippen molar-refractivity contribution >= 4 is 10.0 Å². The molecule has 0 saturated carbocycles. The highest BCUT2D eigenvalue weighted by Gasteiger charge is 2.26. The number of rotatable bonds is 6. The van der Waals surface area contributed by atoms with Gasteiger partial charge in [0, 0.05) is 31.9 Å². The SMILES string of the molecule is CCn1cc(S(=O)(=O)NC2CCN(CCN)CC2)nc1C. The summed E-state index contributed by atoms with van der Waals surface area (Å²) in [4.78, 5) is 6.41. The van der Waals surface area contributed by atoms with Crippen LogP contribution >= 0.6 is 0 Å². The third-order valence-corrected chi connectivity index (χ3v) is 5.32. The van der Waals surface area contributed by atoms with Gasteiger partial charge in [-0.15, -0.1) is 0 Å². The number of piperidine rings is 1. The molecule has 1 aromatic rings. The van der Waals surface area contributed by atoms with E-state index in [1.165, 1.54) is 0 Å². The lowest BCUT2D eigenvalue weighted by molar-refractivity contribution is 0.212. The van der Waals surface area contributed by atoms with E-state index >= 15 is 0 Å². The van der Waals surface area contributed by atoms with Crippen molar-refractivity contribution in [1.82, 2.24) is 19.2 Å². The third kappa shape index (κ3) is 4.03. The lowest BCUT2D eigenvalue weighted by atomic mass is 10.1. The highest BCUT2D eigenvalue weighted by atomic mass is 32.2. The number of hydrogen-bond donors (Lipinski definition) is 2. The van der Waals surface area contributed by atoms with Gasteiger partial charge in [0.25, 0.3) is 10.0 Å². The van der Waals surface area contributed by atoms with Gasteiger partial charge in [0.05, 0.1) is 0 Å². The Kier molecular flexibility index (Phi) is 5.37. The Morgan fingerprint density at radius 2 is 2.10 bits per heavy atom. The van der Waals surface area contributed by atoms with Crippen LogP contribution in [0.25, 0.3) is 0 Å². The molecule has 1 saturated heterocycles. The molecule has 3 N–H and O–H groups in total. The van der Waals surface area contributed by atoms with E-state index < -0.39 is 10.0 Å². The molecule has 1 fully saturated rings. The Bertz CT molecular complexity index is 561. The number of imidazole rings is 1. The topological polar surface area (TPSA) is 93.2 Å². The minimum atomic E-state index is -3.53. The summed E-state index contributed by atoms with van der Waals surface area (Å²) in [5.41, 5.74) is 5.54. The van der Waals surface area contributed by atoms with Gasteiger partial charge in [0.15, 0.2) is 5.03 Å². The quantitative estimate of drug-likeness (QED) is 0.765. The molecule has 0 amide bonds. The van der Waals surface area contributed by atoms with E-state index in [4.69, 9.17) is 5.73 Å². The van der Waals surface area contributed by atoms with Gasteiger partial charge >= 0.3 is 0 Å². The molecule has 21 heavy (non-hydrogen) atoms. The lowest BCUT2D eigenvalue weighted by Gasteiger charge is -2.31. The fourth-order valence-corrected chi connectivity index (χ4v) is 3.98. The van der Waals surface area contributed by atoms with Crippen LogP contribution < -0.4 is 10.5 Å². The fraction of sp³-hybridized carbons (Fsp3) is 0.769. The van der Waals surface area contributed by atoms with Gasteiger partial charge in [-0.3, -0.25) is 0 Å². The maximum Gasteiger partial charge on any atom is 0.259 e. The molecule has 2 rings (SSSR count). The molecule has 0 atom stereocenters. The van der Waals surface area contributed by atoms with Crippen molar-refractivity contribution in [1.29, 1.82) is 0 Å². The largest absolute Gasteiger partial charge is 0.334 e. The normalized spacial score (nSPS) is 18.2. The van der Waals surface area contributed by atoms with Gasteiger partial charge < -0.3 is 15.2 Å². The number of nitrogens with one attached hydrogen (secondary N) is 1. The second-order valence-electron chi connectivity index (χ2n) is 5.44. The van der Waals surface area contributed by atoms with E-state index in [9.17, 15) is 8.42 Å². The molecule has 0 radical (unpaired) electrons. The van der Waals surface area contributed by atoms with Crippen molar-refractivity contribution in [2.45, 2.75) is 44.3 Å². The van der Waals surface area contributed by atoms with Gasteiger partial charge in [-0.05, 0) is 39.8 Å². The molecule has 7 nitrogen and oxygen atoms in total. The maximum absolute atomic E-state index is 12.4. The second-order valence-corrected chi connectivity index (χ2v) is 7.10. The number of nitrogens with zero attached hydrogens (tertiary/aromatic N) is 3. The number of aryl methyl sites for hydroxylation is 2. The Hall–Kier alpha value is -0.960. The average molecular weight is 315 g/mol. The summed E-state index contributed by atoms with van der Waals surface area (Å²) >= 11 is 0. The second kappa shape index (κ2) is 6.87. The first-order chi connectivity index (χ1) is 9.96. The van der Waals surface area contributed by atoms with Crippen molar-refractivity contribution < 1.29 is 8.42 Å². The summed E-state index contributed by atoms with van der Waals surface area (Å²) in [6.07, 6.45) is 3.22. The van der Waals surface area contributed by atoms with Gasteiger partial charge in [-0.25, -0.2) is 18.1 Å². The summed E-state index contributed by atoms with van der Waals surface area (Å²) < 4.78 is 29.3.